The van der Waals surface area contributed by atoms with Gasteiger partial charge >= 0.3 is 5.97 Å². The van der Waals surface area contributed by atoms with E-state index in [1.165, 1.54) is 19.4 Å². The summed E-state index contributed by atoms with van der Waals surface area (Å²) in [4.78, 5) is 15.8. The SMILES string of the molecule is CC1C(C(=O)O)CCN1C1CCCN(C)C1. The van der Waals surface area contributed by atoms with Crippen LogP contribution in [0.3, 0.4) is 0 Å². The standard InChI is InChI=1S/C12H22N2O2/c1-9-11(12(15)16)5-7-14(9)10-4-3-6-13(2)8-10/h9-11H,3-8H2,1-2H3,(H,15,16). The second-order valence-corrected chi connectivity index (χ2v) is 5.27. The van der Waals surface area contributed by atoms with Crippen LogP contribution in [-0.2, 0) is 4.79 Å². The summed E-state index contributed by atoms with van der Waals surface area (Å²) in [6.07, 6.45) is 3.28. The largest absolute Gasteiger partial charge is 0.481 e. The molecule has 0 aromatic heterocycles. The van der Waals surface area contributed by atoms with E-state index in [1.807, 2.05) is 0 Å². The van der Waals surface area contributed by atoms with Crippen LogP contribution in [0.25, 0.3) is 0 Å². The fraction of sp³-hybridized carbons (Fsp3) is 0.917. The first-order chi connectivity index (χ1) is 7.59. The van der Waals surface area contributed by atoms with Crippen LogP contribution in [0, 0.1) is 5.92 Å². The topological polar surface area (TPSA) is 43.8 Å². The van der Waals surface area contributed by atoms with Crippen LogP contribution in [0.2, 0.25) is 0 Å². The fourth-order valence-electron chi connectivity index (χ4n) is 3.22. The zero-order chi connectivity index (χ0) is 11.7. The lowest BCUT2D eigenvalue weighted by Gasteiger charge is -2.38. The van der Waals surface area contributed by atoms with E-state index in [-0.39, 0.29) is 12.0 Å². The Balaban J connectivity index is 1.97. The number of carbonyl (C=O) groups is 1. The van der Waals surface area contributed by atoms with Crippen LogP contribution < -0.4 is 0 Å². The number of aliphatic carboxylic acids is 1. The second kappa shape index (κ2) is 4.72. The van der Waals surface area contributed by atoms with Crippen molar-refractivity contribution in [1.82, 2.24) is 9.80 Å². The zero-order valence-electron chi connectivity index (χ0n) is 10.2. The van der Waals surface area contributed by atoms with Crippen LogP contribution in [0.5, 0.6) is 0 Å². The van der Waals surface area contributed by atoms with Crippen molar-refractivity contribution in [3.8, 4) is 0 Å². The maximum absolute atomic E-state index is 11.1. The smallest absolute Gasteiger partial charge is 0.308 e. The zero-order valence-corrected chi connectivity index (χ0v) is 10.2. The molecule has 0 saturated carbocycles. The van der Waals surface area contributed by atoms with Crippen molar-refractivity contribution in [3.05, 3.63) is 0 Å². The molecular formula is C12H22N2O2. The summed E-state index contributed by atoms with van der Waals surface area (Å²) < 4.78 is 0. The minimum atomic E-state index is -0.626. The molecule has 0 spiro atoms. The van der Waals surface area contributed by atoms with E-state index in [0.717, 1.165) is 19.5 Å². The molecule has 2 heterocycles. The van der Waals surface area contributed by atoms with Crippen molar-refractivity contribution < 1.29 is 9.90 Å². The van der Waals surface area contributed by atoms with Gasteiger partial charge in [0.25, 0.3) is 0 Å². The van der Waals surface area contributed by atoms with Crippen LogP contribution in [0.4, 0.5) is 0 Å². The lowest BCUT2D eigenvalue weighted by atomic mass is 10.00. The van der Waals surface area contributed by atoms with E-state index in [9.17, 15) is 4.79 Å². The van der Waals surface area contributed by atoms with Gasteiger partial charge in [-0.25, -0.2) is 0 Å². The van der Waals surface area contributed by atoms with Crippen LogP contribution in [-0.4, -0.2) is 59.6 Å². The molecule has 1 N–H and O–H groups in total. The highest BCUT2D eigenvalue weighted by Gasteiger charge is 2.39. The molecule has 0 aliphatic carbocycles. The van der Waals surface area contributed by atoms with Crippen molar-refractivity contribution in [3.63, 3.8) is 0 Å². The summed E-state index contributed by atoms with van der Waals surface area (Å²) in [5.41, 5.74) is 0. The Labute approximate surface area is 97.2 Å². The number of likely N-dealkylation sites (N-methyl/N-ethyl adjacent to an activating group) is 1. The highest BCUT2D eigenvalue weighted by Crippen LogP contribution is 2.29. The number of nitrogens with zero attached hydrogens (tertiary/aromatic N) is 2. The Morgan fingerprint density at radius 1 is 1.31 bits per heavy atom. The summed E-state index contributed by atoms with van der Waals surface area (Å²) in [7, 11) is 2.15. The van der Waals surface area contributed by atoms with Gasteiger partial charge in [0.05, 0.1) is 5.92 Å². The van der Waals surface area contributed by atoms with Gasteiger partial charge in [0.15, 0.2) is 0 Å². The van der Waals surface area contributed by atoms with Gasteiger partial charge in [-0.3, -0.25) is 9.69 Å². The Kier molecular flexibility index (Phi) is 3.50. The molecule has 0 aromatic rings. The van der Waals surface area contributed by atoms with Crippen molar-refractivity contribution in [1.29, 1.82) is 0 Å². The Morgan fingerprint density at radius 3 is 2.62 bits per heavy atom. The third-order valence-electron chi connectivity index (χ3n) is 4.19. The maximum Gasteiger partial charge on any atom is 0.308 e. The summed E-state index contributed by atoms with van der Waals surface area (Å²) in [6, 6.07) is 0.770. The lowest BCUT2D eigenvalue weighted by molar-refractivity contribution is -0.142. The van der Waals surface area contributed by atoms with E-state index in [2.05, 4.69) is 23.8 Å². The van der Waals surface area contributed by atoms with Gasteiger partial charge in [-0.15, -0.1) is 0 Å². The molecule has 2 rings (SSSR count). The first kappa shape index (κ1) is 11.9. The predicted molar refractivity (Wildman–Crippen MR) is 62.4 cm³/mol. The molecular weight excluding hydrogens is 204 g/mol. The average molecular weight is 226 g/mol. The van der Waals surface area contributed by atoms with Gasteiger partial charge in [-0.1, -0.05) is 0 Å². The van der Waals surface area contributed by atoms with E-state index in [0.29, 0.717) is 6.04 Å². The normalized spacial score (nSPS) is 37.8. The Hall–Kier alpha value is -0.610. The first-order valence-electron chi connectivity index (χ1n) is 6.26. The van der Waals surface area contributed by atoms with Gasteiger partial charge < -0.3 is 10.0 Å². The average Bonchev–Trinajstić information content (AvgIpc) is 2.60. The molecule has 3 atom stereocenters. The number of rotatable bonds is 2. The molecule has 3 unspecified atom stereocenters. The predicted octanol–water partition coefficient (Wildman–Crippen LogP) is 0.876. The van der Waals surface area contributed by atoms with E-state index >= 15 is 0 Å². The summed E-state index contributed by atoms with van der Waals surface area (Å²) >= 11 is 0. The first-order valence-corrected chi connectivity index (χ1v) is 6.26. The Bertz CT molecular complexity index is 270. The molecule has 2 aliphatic rings. The van der Waals surface area contributed by atoms with Crippen molar-refractivity contribution in [2.24, 2.45) is 5.92 Å². The molecule has 2 saturated heterocycles. The lowest BCUT2D eigenvalue weighted by Crippen LogP contribution is -2.49. The third-order valence-corrected chi connectivity index (χ3v) is 4.19. The number of likely N-dealkylation sites (tertiary alicyclic amines) is 2. The summed E-state index contributed by atoms with van der Waals surface area (Å²) in [5.74, 6) is -0.786. The summed E-state index contributed by atoms with van der Waals surface area (Å²) in [6.45, 7) is 5.30. The second-order valence-electron chi connectivity index (χ2n) is 5.27. The minimum Gasteiger partial charge on any atom is -0.481 e. The van der Waals surface area contributed by atoms with E-state index in [4.69, 9.17) is 5.11 Å². The van der Waals surface area contributed by atoms with Gasteiger partial charge in [0.1, 0.15) is 0 Å². The Morgan fingerprint density at radius 2 is 2.06 bits per heavy atom. The monoisotopic (exact) mass is 226 g/mol. The van der Waals surface area contributed by atoms with Crippen LogP contribution in [0.1, 0.15) is 26.2 Å². The highest BCUT2D eigenvalue weighted by atomic mass is 16.4. The number of carboxylic acid groups (broad SMARTS) is 1. The maximum atomic E-state index is 11.1. The van der Waals surface area contributed by atoms with Crippen molar-refractivity contribution in [2.75, 3.05) is 26.7 Å². The molecule has 2 aliphatic heterocycles. The number of hydrogen-bond acceptors (Lipinski definition) is 3. The van der Waals surface area contributed by atoms with Crippen molar-refractivity contribution >= 4 is 5.97 Å². The van der Waals surface area contributed by atoms with Crippen molar-refractivity contribution in [2.45, 2.75) is 38.3 Å². The quantitative estimate of drug-likeness (QED) is 0.759. The molecule has 2 fully saturated rings. The third kappa shape index (κ3) is 2.23. The molecule has 0 radical (unpaired) electrons. The van der Waals surface area contributed by atoms with Gasteiger partial charge in [-0.2, -0.15) is 0 Å². The molecule has 0 aromatic carbocycles. The van der Waals surface area contributed by atoms with Crippen LogP contribution >= 0.6 is 0 Å². The molecule has 4 nitrogen and oxygen atoms in total. The highest BCUT2D eigenvalue weighted by molar-refractivity contribution is 5.71. The van der Waals surface area contributed by atoms with E-state index in [1.54, 1.807) is 0 Å². The van der Waals surface area contributed by atoms with E-state index < -0.39 is 5.97 Å². The van der Waals surface area contributed by atoms with Crippen LogP contribution in [0.15, 0.2) is 0 Å². The molecule has 0 bridgehead atoms. The van der Waals surface area contributed by atoms with Gasteiger partial charge in [0.2, 0.25) is 0 Å². The molecule has 4 heteroatoms. The minimum absolute atomic E-state index is 0.160. The number of piperidine rings is 1. The molecule has 16 heavy (non-hydrogen) atoms. The fourth-order valence-corrected chi connectivity index (χ4v) is 3.22. The molecule has 0 amide bonds. The number of carboxylic acids is 1. The van der Waals surface area contributed by atoms with Gasteiger partial charge in [0, 0.05) is 18.6 Å². The summed E-state index contributed by atoms with van der Waals surface area (Å²) in [5, 5.41) is 9.11. The molecule has 92 valence electrons. The number of hydrogen-bond donors (Lipinski definition) is 1. The van der Waals surface area contributed by atoms with Gasteiger partial charge in [-0.05, 0) is 46.3 Å².